The molecule has 0 spiro atoms. The molecule has 0 N–H and O–H groups in total. The van der Waals surface area contributed by atoms with Crippen LogP contribution >= 0.6 is 22.7 Å². The van der Waals surface area contributed by atoms with Crippen molar-refractivity contribution in [2.24, 2.45) is 0 Å². The van der Waals surface area contributed by atoms with Crippen molar-refractivity contribution in [3.05, 3.63) is 170 Å². The molecular weight excluding hydrogens is 685 g/mol. The highest BCUT2D eigenvalue weighted by Gasteiger charge is 2.27. The molecule has 4 heterocycles. The van der Waals surface area contributed by atoms with E-state index in [-0.39, 0.29) is 0 Å². The fourth-order valence-electron chi connectivity index (χ4n) is 8.50. The monoisotopic (exact) mass is 712 g/mol. The van der Waals surface area contributed by atoms with E-state index in [1.165, 1.54) is 68.0 Å². The maximum Gasteiger partial charge on any atom is 0.152 e. The number of para-hydroxylation sites is 3. The van der Waals surface area contributed by atoms with Crippen LogP contribution in [0.3, 0.4) is 0 Å². The van der Waals surface area contributed by atoms with Crippen molar-refractivity contribution in [1.82, 2.24) is 4.57 Å². The van der Waals surface area contributed by atoms with Gasteiger partial charge >= 0.3 is 0 Å². The number of rotatable bonds is 4. The van der Waals surface area contributed by atoms with Crippen molar-refractivity contribution in [1.29, 1.82) is 0 Å². The summed E-state index contributed by atoms with van der Waals surface area (Å²) in [5, 5.41) is 7.61. The summed E-state index contributed by atoms with van der Waals surface area (Å²) in [6.45, 7) is 0. The second-order valence-corrected chi connectivity index (χ2v) is 15.8. The van der Waals surface area contributed by atoms with Gasteiger partial charge in [-0.1, -0.05) is 115 Å². The molecule has 8 aromatic carbocycles. The van der Waals surface area contributed by atoms with E-state index in [2.05, 4.69) is 179 Å². The predicted octanol–water partition coefficient (Wildman–Crippen LogP) is 14.8. The largest absolute Gasteiger partial charge is 0.453 e. The number of hydrogen-bond donors (Lipinski definition) is 0. The molecule has 0 unspecified atom stereocenters. The molecule has 5 heteroatoms. The smallest absolute Gasteiger partial charge is 0.152 e. The van der Waals surface area contributed by atoms with E-state index in [1.807, 2.05) is 22.7 Å². The van der Waals surface area contributed by atoms with E-state index in [0.717, 1.165) is 39.5 Å². The topological polar surface area (TPSA) is 17.4 Å². The normalized spacial score (nSPS) is 12.3. The third-order valence-electron chi connectivity index (χ3n) is 10.8. The molecule has 0 amide bonds. The molecule has 0 radical (unpaired) electrons. The second kappa shape index (κ2) is 11.1. The summed E-state index contributed by atoms with van der Waals surface area (Å²) < 4.78 is 14.2. The van der Waals surface area contributed by atoms with Gasteiger partial charge in [-0.15, -0.1) is 22.7 Å². The number of fused-ring (bicyclic) bond motifs is 11. The molecule has 53 heavy (non-hydrogen) atoms. The molecular formula is C48H28N2OS2. The molecule has 0 saturated carbocycles. The third-order valence-corrected chi connectivity index (χ3v) is 13.2. The number of hydrogen-bond acceptors (Lipinski definition) is 4. The maximum atomic E-state index is 6.62. The van der Waals surface area contributed by atoms with Crippen molar-refractivity contribution in [2.45, 2.75) is 0 Å². The van der Waals surface area contributed by atoms with Gasteiger partial charge in [0.15, 0.2) is 11.5 Å². The number of anilines is 3. The van der Waals surface area contributed by atoms with E-state index >= 15 is 0 Å². The summed E-state index contributed by atoms with van der Waals surface area (Å²) in [5.41, 5.74) is 9.13. The standard InChI is InChI=1S/C48H28N2OS2/c1-4-18-38-32(11-1)35-15-10-22-42-46(35)50(38)45-31(14-9-21-41(45)51-42)29-25-27-30(28-26-29)49(39-19-7-16-36-33-12-2-5-23-43(33)52-47(36)39)40-20-8-17-37-34-13-3-6-24-44(34)53-48(37)40/h1-28H. The number of thiophene rings is 2. The highest BCUT2D eigenvalue weighted by atomic mass is 32.1. The third kappa shape index (κ3) is 4.15. The fourth-order valence-corrected chi connectivity index (χ4v) is 10.9. The Labute approximate surface area is 312 Å². The molecule has 3 nitrogen and oxygen atoms in total. The summed E-state index contributed by atoms with van der Waals surface area (Å²) in [5.74, 6) is 1.75. The number of aromatic nitrogens is 1. The van der Waals surface area contributed by atoms with E-state index in [4.69, 9.17) is 4.74 Å². The van der Waals surface area contributed by atoms with Gasteiger partial charge in [-0.25, -0.2) is 0 Å². The highest BCUT2D eigenvalue weighted by Crippen LogP contribution is 2.51. The van der Waals surface area contributed by atoms with Crippen LogP contribution in [-0.2, 0) is 0 Å². The Morgan fingerprint density at radius 3 is 1.68 bits per heavy atom. The van der Waals surface area contributed by atoms with Crippen molar-refractivity contribution >= 4 is 102 Å². The summed E-state index contributed by atoms with van der Waals surface area (Å²) in [6, 6.07) is 61.6. The lowest BCUT2D eigenvalue weighted by atomic mass is 10.0. The van der Waals surface area contributed by atoms with Crippen LogP contribution in [0.1, 0.15) is 0 Å². The minimum Gasteiger partial charge on any atom is -0.453 e. The quantitative estimate of drug-likeness (QED) is 0.181. The SMILES string of the molecule is c1cc2c(c(-c3ccc(N(c4cccc5c4sc4ccccc45)c4cccc5c4sc4ccccc45)cc3)c1)-n1c3ccccc3c3cccc(c31)O2. The molecule has 0 aliphatic carbocycles. The van der Waals surface area contributed by atoms with Crippen LogP contribution in [0.25, 0.3) is 79.0 Å². The van der Waals surface area contributed by atoms with Gasteiger partial charge in [0, 0.05) is 53.0 Å². The molecule has 0 atom stereocenters. The zero-order valence-electron chi connectivity index (χ0n) is 28.3. The Morgan fingerprint density at radius 2 is 0.981 bits per heavy atom. The van der Waals surface area contributed by atoms with Gasteiger partial charge in [-0.2, -0.15) is 0 Å². The summed E-state index contributed by atoms with van der Waals surface area (Å²) in [7, 11) is 0. The van der Waals surface area contributed by atoms with Crippen molar-refractivity contribution in [3.8, 4) is 28.3 Å². The lowest BCUT2D eigenvalue weighted by Gasteiger charge is -2.27. The Balaban J connectivity index is 1.08. The van der Waals surface area contributed by atoms with E-state index in [1.54, 1.807) is 0 Å². The van der Waals surface area contributed by atoms with E-state index in [0.29, 0.717) is 0 Å². The Bertz CT molecular complexity index is 3160. The molecule has 0 saturated heterocycles. The van der Waals surface area contributed by atoms with Crippen molar-refractivity contribution < 1.29 is 4.74 Å². The van der Waals surface area contributed by atoms with Gasteiger partial charge in [0.2, 0.25) is 0 Å². The summed E-state index contributed by atoms with van der Waals surface area (Å²) in [4.78, 5) is 2.47. The van der Waals surface area contributed by atoms with Gasteiger partial charge in [0.25, 0.3) is 0 Å². The molecule has 12 rings (SSSR count). The maximum absolute atomic E-state index is 6.62. The molecule has 1 aliphatic heterocycles. The second-order valence-electron chi connectivity index (χ2n) is 13.6. The first-order chi connectivity index (χ1) is 26.3. The fraction of sp³-hybridized carbons (Fsp3) is 0. The van der Waals surface area contributed by atoms with Gasteiger partial charge in [0.1, 0.15) is 0 Å². The molecule has 11 aromatic rings. The number of ether oxygens (including phenoxy) is 1. The minimum atomic E-state index is 0.863. The zero-order chi connectivity index (χ0) is 34.6. The van der Waals surface area contributed by atoms with Crippen LogP contribution in [0.2, 0.25) is 0 Å². The molecule has 0 bridgehead atoms. The Morgan fingerprint density at radius 1 is 0.434 bits per heavy atom. The van der Waals surface area contributed by atoms with E-state index < -0.39 is 0 Å². The number of benzene rings is 8. The van der Waals surface area contributed by atoms with E-state index in [9.17, 15) is 0 Å². The molecule has 248 valence electrons. The first kappa shape index (κ1) is 29.2. The average molecular weight is 713 g/mol. The Hall–Kier alpha value is -6.40. The van der Waals surface area contributed by atoms with Crippen LogP contribution in [0.4, 0.5) is 17.1 Å². The van der Waals surface area contributed by atoms with Crippen LogP contribution < -0.4 is 9.64 Å². The van der Waals surface area contributed by atoms with Gasteiger partial charge in [-0.05, 0) is 60.2 Å². The molecule has 1 aliphatic rings. The first-order valence-corrected chi connectivity index (χ1v) is 19.5. The summed E-state index contributed by atoms with van der Waals surface area (Å²) in [6.07, 6.45) is 0. The average Bonchev–Trinajstić information content (AvgIpc) is 3.90. The van der Waals surface area contributed by atoms with Crippen molar-refractivity contribution in [3.63, 3.8) is 0 Å². The van der Waals surface area contributed by atoms with Gasteiger partial charge < -0.3 is 14.2 Å². The van der Waals surface area contributed by atoms with Gasteiger partial charge in [-0.3, -0.25) is 0 Å². The highest BCUT2D eigenvalue weighted by molar-refractivity contribution is 7.27. The lowest BCUT2D eigenvalue weighted by molar-refractivity contribution is 0.477. The van der Waals surface area contributed by atoms with Crippen LogP contribution in [-0.4, -0.2) is 4.57 Å². The van der Waals surface area contributed by atoms with Crippen LogP contribution in [0, 0.1) is 0 Å². The van der Waals surface area contributed by atoms with Crippen LogP contribution in [0.5, 0.6) is 11.5 Å². The van der Waals surface area contributed by atoms with Crippen LogP contribution in [0.15, 0.2) is 170 Å². The lowest BCUT2D eigenvalue weighted by Crippen LogP contribution is -2.10. The zero-order valence-corrected chi connectivity index (χ0v) is 29.9. The van der Waals surface area contributed by atoms with Gasteiger partial charge in [0.05, 0.1) is 37.5 Å². The van der Waals surface area contributed by atoms with Crippen molar-refractivity contribution in [2.75, 3.05) is 4.90 Å². The summed E-state index contributed by atoms with van der Waals surface area (Å²) >= 11 is 3.74. The Kier molecular flexibility index (Phi) is 6.09. The minimum absolute atomic E-state index is 0.863. The predicted molar refractivity (Wildman–Crippen MR) is 227 cm³/mol. The first-order valence-electron chi connectivity index (χ1n) is 17.8. The molecule has 0 fully saturated rings. The number of nitrogens with zero attached hydrogens (tertiary/aromatic N) is 2. The molecule has 3 aromatic heterocycles.